The van der Waals surface area contributed by atoms with E-state index in [9.17, 15) is 24.5 Å². The number of hydrogen-bond donors (Lipinski definition) is 1. The second-order valence-corrected chi connectivity index (χ2v) is 7.76. The average Bonchev–Trinajstić information content (AvgIpc) is 3.22. The molecule has 0 atom stereocenters. The van der Waals surface area contributed by atoms with Gasteiger partial charge in [-0.15, -0.1) is 0 Å². The molecule has 1 N–H and O–H groups in total. The van der Waals surface area contributed by atoms with E-state index in [-0.39, 0.29) is 17.0 Å². The molecule has 32 heavy (non-hydrogen) atoms. The number of carbonyl (C=O) groups is 3. The highest BCUT2D eigenvalue weighted by atomic mass is 79.9. The lowest BCUT2D eigenvalue weighted by Gasteiger charge is -2.26. The third-order valence-electron chi connectivity index (χ3n) is 4.76. The molecule has 0 aliphatic carbocycles. The molecule has 4 rings (SSSR count). The number of rotatable bonds is 4. The van der Waals surface area contributed by atoms with Gasteiger partial charge in [0.05, 0.1) is 10.6 Å². The molecule has 1 aromatic heterocycles. The van der Waals surface area contributed by atoms with E-state index in [1.807, 2.05) is 0 Å². The van der Waals surface area contributed by atoms with Gasteiger partial charge >= 0.3 is 6.03 Å². The molecule has 0 bridgehead atoms. The molecule has 3 aromatic rings. The van der Waals surface area contributed by atoms with Crippen molar-refractivity contribution in [1.29, 1.82) is 0 Å². The topological polar surface area (TPSA) is 123 Å². The van der Waals surface area contributed by atoms with Gasteiger partial charge in [0.2, 0.25) is 0 Å². The number of furan rings is 1. The van der Waals surface area contributed by atoms with E-state index < -0.39 is 22.8 Å². The Labute approximate surface area is 189 Å². The Kier molecular flexibility index (Phi) is 5.45. The summed E-state index contributed by atoms with van der Waals surface area (Å²) in [4.78, 5) is 49.0. The van der Waals surface area contributed by atoms with Crippen LogP contribution in [-0.4, -0.2) is 22.8 Å². The minimum atomic E-state index is -0.851. The van der Waals surface area contributed by atoms with Gasteiger partial charge < -0.3 is 4.42 Å². The van der Waals surface area contributed by atoms with Crippen LogP contribution in [0.2, 0.25) is 0 Å². The van der Waals surface area contributed by atoms with Crippen molar-refractivity contribution >= 4 is 51.2 Å². The second-order valence-electron chi connectivity index (χ2n) is 6.90. The molecule has 0 spiro atoms. The van der Waals surface area contributed by atoms with Crippen LogP contribution in [-0.2, 0) is 9.59 Å². The second kappa shape index (κ2) is 8.23. The molecule has 2 aromatic carbocycles. The first-order valence-corrected chi connectivity index (χ1v) is 10.1. The highest BCUT2D eigenvalue weighted by Gasteiger charge is 2.37. The summed E-state index contributed by atoms with van der Waals surface area (Å²) in [6, 6.07) is 13.0. The molecule has 2 heterocycles. The molecule has 160 valence electrons. The SMILES string of the molecule is Cc1cc(N2C(=O)NC(=O)/C(=C\c3ccc(-c4cccc([N+](=O)[O-])c4)o3)C2=O)ccc1Br. The fourth-order valence-corrected chi connectivity index (χ4v) is 3.41. The minimum Gasteiger partial charge on any atom is -0.457 e. The summed E-state index contributed by atoms with van der Waals surface area (Å²) in [5.41, 5.74) is 1.19. The minimum absolute atomic E-state index is 0.0976. The van der Waals surface area contributed by atoms with Crippen molar-refractivity contribution < 1.29 is 23.7 Å². The number of carbonyl (C=O) groups excluding carboxylic acids is 3. The van der Waals surface area contributed by atoms with Gasteiger partial charge in [-0.1, -0.05) is 28.1 Å². The first-order valence-electron chi connectivity index (χ1n) is 9.27. The van der Waals surface area contributed by atoms with E-state index in [1.54, 1.807) is 37.3 Å². The van der Waals surface area contributed by atoms with E-state index >= 15 is 0 Å². The third-order valence-corrected chi connectivity index (χ3v) is 5.65. The molecular weight excluding hydrogens is 482 g/mol. The highest BCUT2D eigenvalue weighted by Crippen LogP contribution is 2.29. The van der Waals surface area contributed by atoms with E-state index in [0.29, 0.717) is 17.0 Å². The van der Waals surface area contributed by atoms with Crippen LogP contribution in [0.1, 0.15) is 11.3 Å². The van der Waals surface area contributed by atoms with Crippen LogP contribution in [0.15, 0.2) is 69.1 Å². The molecule has 1 aliphatic rings. The van der Waals surface area contributed by atoms with Crippen molar-refractivity contribution in [3.8, 4) is 11.3 Å². The number of nitrogens with one attached hydrogen (secondary N) is 1. The quantitative estimate of drug-likeness (QED) is 0.244. The van der Waals surface area contributed by atoms with E-state index in [4.69, 9.17) is 4.42 Å². The molecule has 10 heteroatoms. The molecule has 0 saturated carbocycles. The largest absolute Gasteiger partial charge is 0.457 e. The Morgan fingerprint density at radius 1 is 1.09 bits per heavy atom. The van der Waals surface area contributed by atoms with Crippen LogP contribution in [0, 0.1) is 17.0 Å². The molecule has 9 nitrogen and oxygen atoms in total. The van der Waals surface area contributed by atoms with Crippen molar-refractivity contribution in [2.24, 2.45) is 0 Å². The number of barbiturate groups is 1. The van der Waals surface area contributed by atoms with Crippen molar-refractivity contribution in [3.05, 3.63) is 86.1 Å². The van der Waals surface area contributed by atoms with Crippen LogP contribution in [0.25, 0.3) is 17.4 Å². The number of benzene rings is 2. The Morgan fingerprint density at radius 2 is 1.88 bits per heavy atom. The lowest BCUT2D eigenvalue weighted by molar-refractivity contribution is -0.384. The van der Waals surface area contributed by atoms with Crippen LogP contribution < -0.4 is 10.2 Å². The molecule has 0 unspecified atom stereocenters. The van der Waals surface area contributed by atoms with Gasteiger partial charge in [-0.05, 0) is 48.9 Å². The van der Waals surface area contributed by atoms with Gasteiger partial charge in [0.25, 0.3) is 17.5 Å². The maximum absolute atomic E-state index is 13.0. The maximum atomic E-state index is 13.0. The normalized spacial score (nSPS) is 15.2. The predicted molar refractivity (Wildman–Crippen MR) is 119 cm³/mol. The van der Waals surface area contributed by atoms with E-state index in [0.717, 1.165) is 14.9 Å². The summed E-state index contributed by atoms with van der Waals surface area (Å²) < 4.78 is 6.47. The number of nitrogens with zero attached hydrogens (tertiary/aromatic N) is 2. The highest BCUT2D eigenvalue weighted by molar-refractivity contribution is 9.10. The summed E-state index contributed by atoms with van der Waals surface area (Å²) in [6.07, 6.45) is 1.23. The first-order chi connectivity index (χ1) is 15.2. The number of anilines is 1. The van der Waals surface area contributed by atoms with Crippen molar-refractivity contribution in [2.45, 2.75) is 6.92 Å². The lowest BCUT2D eigenvalue weighted by Crippen LogP contribution is -2.54. The number of urea groups is 1. The maximum Gasteiger partial charge on any atom is 0.335 e. The zero-order chi connectivity index (χ0) is 23.0. The van der Waals surface area contributed by atoms with Gasteiger partial charge in [-0.3, -0.25) is 25.0 Å². The van der Waals surface area contributed by atoms with Gasteiger partial charge in [-0.25, -0.2) is 9.69 Å². The summed E-state index contributed by atoms with van der Waals surface area (Å²) in [7, 11) is 0. The fourth-order valence-electron chi connectivity index (χ4n) is 3.16. The number of halogens is 1. The predicted octanol–water partition coefficient (Wildman–Crippen LogP) is 4.59. The lowest BCUT2D eigenvalue weighted by atomic mass is 10.1. The molecule has 4 amide bonds. The van der Waals surface area contributed by atoms with E-state index in [2.05, 4.69) is 21.2 Å². The Hall–Kier alpha value is -4.05. The number of non-ortho nitro benzene ring substituents is 1. The zero-order valence-corrected chi connectivity index (χ0v) is 18.1. The Balaban J connectivity index is 1.67. The van der Waals surface area contributed by atoms with Gasteiger partial charge in [0, 0.05) is 22.2 Å². The molecule has 1 saturated heterocycles. The van der Waals surface area contributed by atoms with Crippen molar-refractivity contribution in [1.82, 2.24) is 5.32 Å². The van der Waals surface area contributed by atoms with Crippen molar-refractivity contribution in [2.75, 3.05) is 4.90 Å². The van der Waals surface area contributed by atoms with Gasteiger partial charge in [0.15, 0.2) is 0 Å². The number of imide groups is 2. The summed E-state index contributed by atoms with van der Waals surface area (Å²) in [6.45, 7) is 1.81. The summed E-state index contributed by atoms with van der Waals surface area (Å²) >= 11 is 3.36. The number of hydrogen-bond acceptors (Lipinski definition) is 6. The Bertz CT molecular complexity index is 1330. The monoisotopic (exact) mass is 495 g/mol. The van der Waals surface area contributed by atoms with Crippen LogP contribution in [0.5, 0.6) is 0 Å². The van der Waals surface area contributed by atoms with Crippen LogP contribution in [0.3, 0.4) is 0 Å². The number of nitro groups is 1. The fraction of sp³-hybridized carbons (Fsp3) is 0.0455. The van der Waals surface area contributed by atoms with E-state index in [1.165, 1.54) is 30.3 Å². The van der Waals surface area contributed by atoms with Crippen LogP contribution in [0.4, 0.5) is 16.2 Å². The third kappa shape index (κ3) is 3.95. The number of amides is 4. The molecule has 1 fully saturated rings. The van der Waals surface area contributed by atoms with Crippen LogP contribution >= 0.6 is 15.9 Å². The summed E-state index contributed by atoms with van der Waals surface area (Å²) in [5.74, 6) is -1.15. The van der Waals surface area contributed by atoms with Gasteiger partial charge in [-0.2, -0.15) is 0 Å². The summed E-state index contributed by atoms with van der Waals surface area (Å²) in [5, 5.41) is 13.1. The first kappa shape index (κ1) is 21.2. The van der Waals surface area contributed by atoms with Gasteiger partial charge in [0.1, 0.15) is 17.1 Å². The molecule has 1 aliphatic heterocycles. The molecule has 0 radical (unpaired) electrons. The molecular formula is C22H14BrN3O6. The standard InChI is InChI=1S/C22H14BrN3O6/c1-12-9-14(5-7-18(12)23)25-21(28)17(20(27)24-22(25)29)11-16-6-8-19(32-16)13-3-2-4-15(10-13)26(30)31/h2-11H,1H3,(H,24,27,29)/b17-11+. The smallest absolute Gasteiger partial charge is 0.335 e. The van der Waals surface area contributed by atoms with Crippen molar-refractivity contribution in [3.63, 3.8) is 0 Å². The average molecular weight is 496 g/mol. The number of aryl methyl sites for hydroxylation is 1. The Morgan fingerprint density at radius 3 is 2.59 bits per heavy atom. The zero-order valence-electron chi connectivity index (χ0n) is 16.5. The number of nitro benzene ring substituents is 1.